The van der Waals surface area contributed by atoms with E-state index in [1.54, 1.807) is 28.4 Å². The van der Waals surface area contributed by atoms with Gasteiger partial charge < -0.3 is 23.8 Å². The van der Waals surface area contributed by atoms with Crippen LogP contribution in [-0.2, 0) is 15.1 Å². The number of para-hydroxylation sites is 1. The fraction of sp³-hybridized carbons (Fsp3) is 0.450. The van der Waals surface area contributed by atoms with E-state index in [2.05, 4.69) is 33.9 Å². The molecule has 3 aromatic rings. The summed E-state index contributed by atoms with van der Waals surface area (Å²) in [6.45, 7) is 4.65. The maximum atomic E-state index is 15.7. The van der Waals surface area contributed by atoms with Gasteiger partial charge in [-0.2, -0.15) is 0 Å². The number of fused-ring (bicyclic) bond motifs is 3. The first kappa shape index (κ1) is 34.1. The zero-order chi connectivity index (χ0) is 35.2. The van der Waals surface area contributed by atoms with E-state index in [1.165, 1.54) is 0 Å². The molecular formula is C40H48N4O6. The number of hydrogen-bond donors (Lipinski definition) is 0. The van der Waals surface area contributed by atoms with Crippen LogP contribution in [0.25, 0.3) is 6.08 Å². The van der Waals surface area contributed by atoms with Crippen molar-refractivity contribution in [3.05, 3.63) is 82.9 Å². The summed E-state index contributed by atoms with van der Waals surface area (Å²) in [7, 11) is 10.6. The highest BCUT2D eigenvalue weighted by atomic mass is 16.5. The number of carbonyl (C=O) groups excluding carboxylic acids is 2. The third-order valence-electron chi connectivity index (χ3n) is 11.6. The minimum atomic E-state index is -1.21. The zero-order valence-electron chi connectivity index (χ0n) is 30.0. The van der Waals surface area contributed by atoms with Gasteiger partial charge in [-0.1, -0.05) is 30.3 Å². The quantitative estimate of drug-likeness (QED) is 0.305. The van der Waals surface area contributed by atoms with Crippen LogP contribution in [0, 0.1) is 5.41 Å². The molecule has 264 valence electrons. The molecule has 7 rings (SSSR count). The van der Waals surface area contributed by atoms with Crippen LogP contribution in [0.3, 0.4) is 0 Å². The summed E-state index contributed by atoms with van der Waals surface area (Å²) >= 11 is 0. The molecule has 3 atom stereocenters. The molecule has 0 radical (unpaired) electrons. The minimum absolute atomic E-state index is 0.0206. The normalized spacial score (nSPS) is 26.6. The molecule has 0 N–H and O–H groups in total. The molecule has 1 saturated carbocycles. The molecule has 1 amide bonds. The number of methoxy groups -OCH3 is 4. The average molecular weight is 681 g/mol. The Morgan fingerprint density at radius 3 is 2.16 bits per heavy atom. The van der Waals surface area contributed by atoms with E-state index in [4.69, 9.17) is 18.9 Å². The summed E-state index contributed by atoms with van der Waals surface area (Å²) in [4.78, 5) is 40.1. The molecule has 4 aliphatic rings. The minimum Gasteiger partial charge on any atom is -0.493 e. The van der Waals surface area contributed by atoms with E-state index in [0.717, 1.165) is 55.0 Å². The third kappa shape index (κ3) is 5.10. The van der Waals surface area contributed by atoms with Gasteiger partial charge in [0.05, 0.1) is 46.2 Å². The van der Waals surface area contributed by atoms with Crippen molar-refractivity contribution in [3.8, 4) is 23.0 Å². The first-order chi connectivity index (χ1) is 24.2. The number of ketones is 1. The molecule has 50 heavy (non-hydrogen) atoms. The summed E-state index contributed by atoms with van der Waals surface area (Å²) in [5, 5.41) is 0. The largest absolute Gasteiger partial charge is 0.493 e. The smallest absolute Gasteiger partial charge is 0.254 e. The Kier molecular flexibility index (Phi) is 9.13. The zero-order valence-corrected chi connectivity index (χ0v) is 30.0. The summed E-state index contributed by atoms with van der Waals surface area (Å²) in [5.74, 6) is 2.14. The van der Waals surface area contributed by atoms with Crippen LogP contribution in [0.2, 0.25) is 0 Å². The fourth-order valence-corrected chi connectivity index (χ4v) is 9.21. The van der Waals surface area contributed by atoms with Gasteiger partial charge in [-0.05, 0) is 86.5 Å². The predicted octanol–water partition coefficient (Wildman–Crippen LogP) is 5.02. The van der Waals surface area contributed by atoms with Crippen molar-refractivity contribution in [1.29, 1.82) is 0 Å². The molecule has 0 unspecified atom stereocenters. The molecule has 2 spiro atoms. The number of likely N-dealkylation sites (N-methyl/N-ethyl adjacent to an activating group) is 2. The molecular weight excluding hydrogens is 632 g/mol. The van der Waals surface area contributed by atoms with Crippen LogP contribution in [0.1, 0.15) is 41.9 Å². The molecule has 0 bridgehead atoms. The number of carbonyl (C=O) groups is 2. The van der Waals surface area contributed by atoms with E-state index < -0.39 is 11.0 Å². The van der Waals surface area contributed by atoms with Crippen molar-refractivity contribution >= 4 is 23.5 Å². The van der Waals surface area contributed by atoms with Crippen LogP contribution in [0.4, 0.5) is 5.69 Å². The van der Waals surface area contributed by atoms with Crippen LogP contribution < -0.4 is 23.8 Å². The van der Waals surface area contributed by atoms with Crippen molar-refractivity contribution < 1.29 is 28.5 Å². The van der Waals surface area contributed by atoms with Gasteiger partial charge in [0.1, 0.15) is 5.54 Å². The highest BCUT2D eigenvalue weighted by Crippen LogP contribution is 2.67. The van der Waals surface area contributed by atoms with Crippen molar-refractivity contribution in [2.24, 2.45) is 5.41 Å². The molecule has 10 heteroatoms. The van der Waals surface area contributed by atoms with Gasteiger partial charge in [0.2, 0.25) is 0 Å². The summed E-state index contributed by atoms with van der Waals surface area (Å²) in [6, 6.07) is 19.8. The molecule has 3 heterocycles. The Balaban J connectivity index is 1.41. The second-order valence-electron chi connectivity index (χ2n) is 14.0. The van der Waals surface area contributed by atoms with Crippen LogP contribution in [0.15, 0.2) is 66.2 Å². The highest BCUT2D eigenvalue weighted by Gasteiger charge is 2.75. The standard InChI is InChI=1S/C40H48N4O6/c1-41-18-20-43(21-19-41)26-44-32-12-8-7-11-30(32)40(38(44)46)39(31(25-42(40)2)28-14-16-34(48-4)36(24-28)50-6)17-9-10-29(37(39)45)22-27-13-15-33(47-3)35(23-27)49-5/h7-8,11-16,22-24,31H,9-10,17-21,25-26H2,1-6H3/b29-22+/t31-,39+,40+/m0/s1. The van der Waals surface area contributed by atoms with Gasteiger partial charge in [-0.3, -0.25) is 24.3 Å². The molecule has 10 nitrogen and oxygen atoms in total. The van der Waals surface area contributed by atoms with Gasteiger partial charge in [0.25, 0.3) is 5.91 Å². The third-order valence-corrected chi connectivity index (χ3v) is 11.6. The lowest BCUT2D eigenvalue weighted by Gasteiger charge is -2.49. The van der Waals surface area contributed by atoms with Crippen molar-refractivity contribution in [2.75, 3.05) is 86.8 Å². The van der Waals surface area contributed by atoms with Gasteiger partial charge in [-0.15, -0.1) is 0 Å². The van der Waals surface area contributed by atoms with Gasteiger partial charge in [0, 0.05) is 44.2 Å². The lowest BCUT2D eigenvalue weighted by Crippen LogP contribution is -2.62. The number of benzene rings is 3. The number of Topliss-reactive ketones (excluding diaryl/α,β-unsaturated/α-hetero) is 1. The van der Waals surface area contributed by atoms with E-state index in [0.29, 0.717) is 54.6 Å². The average Bonchev–Trinajstić information content (AvgIpc) is 3.55. The molecule has 2 saturated heterocycles. The SMILES string of the molecule is COc1ccc(/C=C2\CCC[C@]3(C2=O)[C@H](c2ccc(OC)c(OC)c2)CN(C)[C@]32C(=O)N(CN3CCN(C)CC3)c3ccccc32)cc1OC. The first-order valence-electron chi connectivity index (χ1n) is 17.5. The number of hydrogen-bond acceptors (Lipinski definition) is 9. The predicted molar refractivity (Wildman–Crippen MR) is 193 cm³/mol. The van der Waals surface area contributed by atoms with E-state index in [1.807, 2.05) is 66.6 Å². The lowest BCUT2D eigenvalue weighted by atomic mass is 9.53. The highest BCUT2D eigenvalue weighted by molar-refractivity contribution is 6.16. The second-order valence-corrected chi connectivity index (χ2v) is 14.0. The second kappa shape index (κ2) is 13.4. The Morgan fingerprint density at radius 1 is 0.800 bits per heavy atom. The maximum Gasteiger partial charge on any atom is 0.254 e. The van der Waals surface area contributed by atoms with Crippen LogP contribution >= 0.6 is 0 Å². The van der Waals surface area contributed by atoms with Gasteiger partial charge in [-0.25, -0.2) is 0 Å². The van der Waals surface area contributed by atoms with Crippen LogP contribution in [0.5, 0.6) is 23.0 Å². The van der Waals surface area contributed by atoms with Gasteiger partial charge in [0.15, 0.2) is 28.8 Å². The molecule has 0 aromatic heterocycles. The molecule has 3 aromatic carbocycles. The van der Waals surface area contributed by atoms with Crippen molar-refractivity contribution in [1.82, 2.24) is 14.7 Å². The molecule has 3 fully saturated rings. The van der Waals surface area contributed by atoms with Crippen molar-refractivity contribution in [3.63, 3.8) is 0 Å². The maximum absolute atomic E-state index is 15.7. The number of likely N-dealkylation sites (tertiary alicyclic amines) is 1. The Labute approximate surface area is 295 Å². The van der Waals surface area contributed by atoms with E-state index >= 15 is 9.59 Å². The number of amides is 1. The van der Waals surface area contributed by atoms with Crippen LogP contribution in [-0.4, -0.2) is 108 Å². The van der Waals surface area contributed by atoms with Crippen molar-refractivity contribution in [2.45, 2.75) is 30.7 Å². The molecule has 1 aliphatic carbocycles. The summed E-state index contributed by atoms with van der Waals surface area (Å²) < 4.78 is 22.5. The summed E-state index contributed by atoms with van der Waals surface area (Å²) in [5.41, 5.74) is 2.01. The number of anilines is 1. The lowest BCUT2D eigenvalue weighted by molar-refractivity contribution is -0.146. The number of nitrogens with zero attached hydrogens (tertiary/aromatic N) is 4. The number of allylic oxidation sites excluding steroid dienone is 1. The Hall–Kier alpha value is -4.38. The Bertz CT molecular complexity index is 1820. The number of rotatable bonds is 8. The monoisotopic (exact) mass is 680 g/mol. The summed E-state index contributed by atoms with van der Waals surface area (Å²) in [6.07, 6.45) is 3.93. The topological polar surface area (TPSA) is 84.0 Å². The van der Waals surface area contributed by atoms with Gasteiger partial charge >= 0.3 is 0 Å². The first-order valence-corrected chi connectivity index (χ1v) is 17.5. The molecule has 3 aliphatic heterocycles. The number of ether oxygens (including phenoxy) is 4. The fourth-order valence-electron chi connectivity index (χ4n) is 9.21. The number of piperazine rings is 1. The Morgan fingerprint density at radius 2 is 1.46 bits per heavy atom. The van der Waals surface area contributed by atoms with E-state index in [-0.39, 0.29) is 17.6 Å². The van der Waals surface area contributed by atoms with E-state index in [9.17, 15) is 0 Å².